The third-order valence-corrected chi connectivity index (χ3v) is 5.51. The van der Waals surface area contributed by atoms with Gasteiger partial charge in [0.1, 0.15) is 6.29 Å². The number of fused-ring (bicyclic) bond motifs is 2. The van der Waals surface area contributed by atoms with Crippen LogP contribution in [0.4, 0.5) is 0 Å². The molecule has 3 saturated heterocycles. The van der Waals surface area contributed by atoms with E-state index >= 15 is 0 Å². The lowest BCUT2D eigenvalue weighted by Crippen LogP contribution is -2.45. The summed E-state index contributed by atoms with van der Waals surface area (Å²) in [6.07, 6.45) is 6.96. The first kappa shape index (κ1) is 13.5. The number of ether oxygens (including phenoxy) is 1. The third kappa shape index (κ3) is 2.71. The lowest BCUT2D eigenvalue weighted by molar-refractivity contribution is -0.123. The number of likely N-dealkylation sites (tertiary alicyclic amines) is 1. The number of aldehydes is 1. The van der Waals surface area contributed by atoms with E-state index in [2.05, 4.69) is 16.8 Å². The molecule has 0 N–H and O–H groups in total. The van der Waals surface area contributed by atoms with Gasteiger partial charge >= 0.3 is 0 Å². The number of carbonyl (C=O) groups excluding carboxylic acids is 1. The fourth-order valence-electron chi connectivity index (χ4n) is 4.06. The van der Waals surface area contributed by atoms with Gasteiger partial charge in [-0.25, -0.2) is 0 Å². The molecular formula is C15H26N2O2. The highest BCUT2D eigenvalue weighted by atomic mass is 16.5. The minimum absolute atomic E-state index is 0.138. The third-order valence-electron chi connectivity index (χ3n) is 5.51. The van der Waals surface area contributed by atoms with Gasteiger partial charge in [-0.05, 0) is 45.7 Å². The van der Waals surface area contributed by atoms with Crippen molar-refractivity contribution < 1.29 is 9.53 Å². The molecule has 0 amide bonds. The van der Waals surface area contributed by atoms with E-state index < -0.39 is 0 Å². The molecule has 0 aliphatic carbocycles. The molecule has 3 rings (SSSR count). The second-order valence-electron chi connectivity index (χ2n) is 6.67. The maximum absolute atomic E-state index is 11.6. The van der Waals surface area contributed by atoms with E-state index in [-0.39, 0.29) is 5.41 Å². The average Bonchev–Trinajstić information content (AvgIpc) is 2.68. The molecule has 0 spiro atoms. The van der Waals surface area contributed by atoms with Crippen LogP contribution in [0.25, 0.3) is 0 Å². The van der Waals surface area contributed by atoms with Crippen molar-refractivity contribution in [3.63, 3.8) is 0 Å². The molecule has 0 radical (unpaired) electrons. The molecule has 3 aliphatic rings. The smallest absolute Gasteiger partial charge is 0.127 e. The summed E-state index contributed by atoms with van der Waals surface area (Å²) < 4.78 is 5.42. The molecule has 4 heteroatoms. The number of hydrogen-bond donors (Lipinski definition) is 0. The number of likely N-dealkylation sites (N-methyl/N-ethyl adjacent to an activating group) is 1. The Labute approximate surface area is 116 Å². The van der Waals surface area contributed by atoms with Crippen LogP contribution in [0, 0.1) is 5.41 Å². The van der Waals surface area contributed by atoms with E-state index in [1.165, 1.54) is 25.5 Å². The van der Waals surface area contributed by atoms with Crippen LogP contribution in [-0.4, -0.2) is 68.1 Å². The van der Waals surface area contributed by atoms with E-state index in [0.29, 0.717) is 6.04 Å². The molecule has 4 nitrogen and oxygen atoms in total. The summed E-state index contributed by atoms with van der Waals surface area (Å²) in [5.74, 6) is 0. The van der Waals surface area contributed by atoms with Crippen LogP contribution in [0.2, 0.25) is 0 Å². The van der Waals surface area contributed by atoms with Crippen molar-refractivity contribution in [1.82, 2.24) is 9.80 Å². The SMILES string of the molecule is CN1C2CCC1CN(CC1(C=O)CCOCC1)CC2. The van der Waals surface area contributed by atoms with Crippen LogP contribution in [0.5, 0.6) is 0 Å². The molecule has 3 aliphatic heterocycles. The molecule has 2 unspecified atom stereocenters. The van der Waals surface area contributed by atoms with Crippen molar-refractivity contribution in [1.29, 1.82) is 0 Å². The molecule has 0 aromatic rings. The van der Waals surface area contributed by atoms with Gasteiger partial charge in [0.15, 0.2) is 0 Å². The van der Waals surface area contributed by atoms with E-state index in [4.69, 9.17) is 4.74 Å². The first-order chi connectivity index (χ1) is 9.22. The first-order valence-corrected chi connectivity index (χ1v) is 7.71. The largest absolute Gasteiger partial charge is 0.381 e. The van der Waals surface area contributed by atoms with Crippen LogP contribution in [-0.2, 0) is 9.53 Å². The normalized spacial score (nSPS) is 36.1. The number of rotatable bonds is 3. The number of nitrogens with zero attached hydrogens (tertiary/aromatic N) is 2. The fraction of sp³-hybridized carbons (Fsp3) is 0.933. The van der Waals surface area contributed by atoms with Crippen LogP contribution < -0.4 is 0 Å². The van der Waals surface area contributed by atoms with Gasteiger partial charge in [0.2, 0.25) is 0 Å². The maximum atomic E-state index is 11.6. The van der Waals surface area contributed by atoms with E-state index in [9.17, 15) is 4.79 Å². The Morgan fingerprint density at radius 1 is 1.21 bits per heavy atom. The van der Waals surface area contributed by atoms with Crippen molar-refractivity contribution in [3.05, 3.63) is 0 Å². The number of carbonyl (C=O) groups is 1. The molecule has 0 saturated carbocycles. The topological polar surface area (TPSA) is 32.8 Å². The Bertz CT molecular complexity index is 328. The van der Waals surface area contributed by atoms with Crippen LogP contribution in [0.15, 0.2) is 0 Å². The lowest BCUT2D eigenvalue weighted by Gasteiger charge is -2.37. The summed E-state index contributed by atoms with van der Waals surface area (Å²) in [5, 5.41) is 0. The van der Waals surface area contributed by atoms with Crippen molar-refractivity contribution in [2.75, 3.05) is 39.9 Å². The molecule has 2 bridgehead atoms. The summed E-state index contributed by atoms with van der Waals surface area (Å²) >= 11 is 0. The van der Waals surface area contributed by atoms with Gasteiger partial charge in [-0.15, -0.1) is 0 Å². The molecule has 3 heterocycles. The van der Waals surface area contributed by atoms with Gasteiger partial charge in [0.05, 0.1) is 0 Å². The van der Waals surface area contributed by atoms with Crippen molar-refractivity contribution in [3.8, 4) is 0 Å². The predicted molar refractivity (Wildman–Crippen MR) is 74.2 cm³/mol. The molecule has 0 aromatic heterocycles. The van der Waals surface area contributed by atoms with Gasteiger partial charge < -0.3 is 14.4 Å². The lowest BCUT2D eigenvalue weighted by atomic mass is 9.81. The minimum atomic E-state index is -0.138. The predicted octanol–water partition coefficient (Wildman–Crippen LogP) is 1.15. The second-order valence-corrected chi connectivity index (χ2v) is 6.67. The van der Waals surface area contributed by atoms with Gasteiger partial charge in [-0.2, -0.15) is 0 Å². The molecule has 19 heavy (non-hydrogen) atoms. The first-order valence-electron chi connectivity index (χ1n) is 7.71. The molecule has 2 atom stereocenters. The monoisotopic (exact) mass is 266 g/mol. The van der Waals surface area contributed by atoms with Crippen LogP contribution in [0.1, 0.15) is 32.1 Å². The van der Waals surface area contributed by atoms with Crippen molar-refractivity contribution >= 4 is 6.29 Å². The van der Waals surface area contributed by atoms with Crippen molar-refractivity contribution in [2.24, 2.45) is 5.41 Å². The Hall–Kier alpha value is -0.450. The average molecular weight is 266 g/mol. The summed E-state index contributed by atoms with van der Waals surface area (Å²) in [4.78, 5) is 16.7. The van der Waals surface area contributed by atoms with E-state index in [1.54, 1.807) is 0 Å². The fourth-order valence-corrected chi connectivity index (χ4v) is 4.06. The van der Waals surface area contributed by atoms with Gasteiger partial charge in [-0.3, -0.25) is 4.90 Å². The Balaban J connectivity index is 1.64. The standard InChI is InChI=1S/C15H26N2O2/c1-16-13-2-3-14(16)10-17(7-4-13)11-15(12-18)5-8-19-9-6-15/h12-14H,2-11H2,1H3. The zero-order chi connectivity index (χ0) is 13.3. The van der Waals surface area contributed by atoms with Gasteiger partial charge in [0, 0.05) is 43.8 Å². The van der Waals surface area contributed by atoms with Gasteiger partial charge in [-0.1, -0.05) is 0 Å². The minimum Gasteiger partial charge on any atom is -0.381 e. The number of hydrogen-bond acceptors (Lipinski definition) is 4. The summed E-state index contributed by atoms with van der Waals surface area (Å²) in [6.45, 7) is 4.74. The molecule has 0 aromatic carbocycles. The Morgan fingerprint density at radius 2 is 1.95 bits per heavy atom. The quantitative estimate of drug-likeness (QED) is 0.718. The Kier molecular flexibility index (Phi) is 3.92. The van der Waals surface area contributed by atoms with Gasteiger partial charge in [0.25, 0.3) is 0 Å². The Morgan fingerprint density at radius 3 is 2.68 bits per heavy atom. The summed E-state index contributed by atoms with van der Waals surface area (Å²) in [5.41, 5.74) is -0.138. The highest BCUT2D eigenvalue weighted by molar-refractivity contribution is 5.60. The summed E-state index contributed by atoms with van der Waals surface area (Å²) in [6, 6.07) is 1.48. The van der Waals surface area contributed by atoms with E-state index in [1.807, 2.05) is 0 Å². The highest BCUT2D eigenvalue weighted by Gasteiger charge is 2.39. The molecular weight excluding hydrogens is 240 g/mol. The molecule has 3 fully saturated rings. The second kappa shape index (κ2) is 5.51. The molecule has 108 valence electrons. The highest BCUT2D eigenvalue weighted by Crippen LogP contribution is 2.33. The van der Waals surface area contributed by atoms with E-state index in [0.717, 1.165) is 51.7 Å². The van der Waals surface area contributed by atoms with Crippen LogP contribution >= 0.6 is 0 Å². The maximum Gasteiger partial charge on any atom is 0.127 e. The van der Waals surface area contributed by atoms with Crippen molar-refractivity contribution in [2.45, 2.75) is 44.2 Å². The summed E-state index contributed by atoms with van der Waals surface area (Å²) in [7, 11) is 2.27. The zero-order valence-corrected chi connectivity index (χ0v) is 12.0. The van der Waals surface area contributed by atoms with Crippen LogP contribution in [0.3, 0.4) is 0 Å². The zero-order valence-electron chi connectivity index (χ0n) is 12.0.